The fourth-order valence-electron chi connectivity index (χ4n) is 2.49. The number of alkyl halides is 3. The number of rotatable bonds is 4. The van der Waals surface area contributed by atoms with Gasteiger partial charge in [0.05, 0.1) is 25.1 Å². The topological polar surface area (TPSA) is 77.4 Å². The highest BCUT2D eigenvalue weighted by Crippen LogP contribution is 2.38. The smallest absolute Gasteiger partial charge is 0.433 e. The minimum atomic E-state index is -4.54. The van der Waals surface area contributed by atoms with Gasteiger partial charge < -0.3 is 14.6 Å². The molecule has 0 aliphatic carbocycles. The summed E-state index contributed by atoms with van der Waals surface area (Å²) in [5, 5.41) is 9.72. The fourth-order valence-corrected chi connectivity index (χ4v) is 2.49. The summed E-state index contributed by atoms with van der Waals surface area (Å²) in [7, 11) is 1.42. The summed E-state index contributed by atoms with van der Waals surface area (Å²) in [6.45, 7) is 1.30. The first-order valence-electron chi connectivity index (χ1n) is 7.69. The molecular formula is C18H14F3N3O3. The quantitative estimate of drug-likeness (QED) is 0.727. The van der Waals surface area contributed by atoms with E-state index in [9.17, 15) is 18.3 Å². The van der Waals surface area contributed by atoms with Gasteiger partial charge in [0.15, 0.2) is 0 Å². The molecule has 3 aromatic heterocycles. The number of aromatic nitrogens is 3. The van der Waals surface area contributed by atoms with Crippen molar-refractivity contribution in [1.29, 1.82) is 0 Å². The van der Waals surface area contributed by atoms with E-state index in [1.807, 2.05) is 0 Å². The van der Waals surface area contributed by atoms with Crippen LogP contribution in [-0.4, -0.2) is 27.2 Å². The zero-order chi connectivity index (χ0) is 19.6. The van der Waals surface area contributed by atoms with Crippen molar-refractivity contribution in [2.24, 2.45) is 0 Å². The van der Waals surface area contributed by atoms with Crippen LogP contribution in [0.25, 0.3) is 11.1 Å². The molecule has 140 valence electrons. The molecule has 0 aliphatic heterocycles. The van der Waals surface area contributed by atoms with Crippen LogP contribution in [0, 0.1) is 6.92 Å². The second-order valence-electron chi connectivity index (χ2n) is 5.54. The average molecular weight is 377 g/mol. The Hall–Kier alpha value is -3.36. The Bertz CT molecular complexity index is 978. The average Bonchev–Trinajstić information content (AvgIpc) is 2.61. The molecule has 0 aromatic carbocycles. The summed E-state index contributed by atoms with van der Waals surface area (Å²) in [5.74, 6) is 0.330. The van der Waals surface area contributed by atoms with Crippen molar-refractivity contribution in [2.45, 2.75) is 13.1 Å². The number of hydrogen-bond acceptors (Lipinski definition) is 6. The predicted molar refractivity (Wildman–Crippen MR) is 89.7 cm³/mol. The highest BCUT2D eigenvalue weighted by Gasteiger charge is 2.34. The van der Waals surface area contributed by atoms with Crippen LogP contribution in [0.5, 0.6) is 23.3 Å². The minimum Gasteiger partial charge on any atom is -0.506 e. The van der Waals surface area contributed by atoms with Gasteiger partial charge in [-0.3, -0.25) is 0 Å². The molecule has 0 aliphatic rings. The van der Waals surface area contributed by atoms with Gasteiger partial charge >= 0.3 is 6.18 Å². The summed E-state index contributed by atoms with van der Waals surface area (Å²) >= 11 is 0. The second kappa shape index (κ2) is 7.10. The van der Waals surface area contributed by atoms with Crippen LogP contribution in [0.1, 0.15) is 11.3 Å². The Labute approximate surface area is 152 Å². The van der Waals surface area contributed by atoms with E-state index in [2.05, 4.69) is 15.0 Å². The number of halogens is 3. The molecule has 3 rings (SSSR count). The lowest BCUT2D eigenvalue weighted by atomic mass is 10.1. The Kier molecular flexibility index (Phi) is 4.85. The van der Waals surface area contributed by atoms with Crippen molar-refractivity contribution in [2.75, 3.05) is 7.11 Å². The first kappa shape index (κ1) is 18.4. The van der Waals surface area contributed by atoms with E-state index in [0.717, 1.165) is 6.20 Å². The van der Waals surface area contributed by atoms with E-state index in [0.29, 0.717) is 11.1 Å². The van der Waals surface area contributed by atoms with Crippen LogP contribution in [-0.2, 0) is 6.18 Å². The third-order valence-corrected chi connectivity index (χ3v) is 3.63. The van der Waals surface area contributed by atoms with Crippen molar-refractivity contribution < 1.29 is 27.8 Å². The number of aromatic hydroxyl groups is 1. The van der Waals surface area contributed by atoms with Gasteiger partial charge in [-0.25, -0.2) is 15.0 Å². The van der Waals surface area contributed by atoms with Crippen LogP contribution in [0.15, 0.2) is 42.9 Å². The lowest BCUT2D eigenvalue weighted by Crippen LogP contribution is -2.10. The molecule has 0 saturated heterocycles. The van der Waals surface area contributed by atoms with Crippen LogP contribution in [0.2, 0.25) is 0 Å². The normalized spacial score (nSPS) is 11.3. The Balaban J connectivity index is 2.01. The number of hydrogen-bond donors (Lipinski definition) is 1. The zero-order valence-electron chi connectivity index (χ0n) is 14.3. The SMILES string of the molecule is COc1ncc(O)cc1-c1cccnc1Oc1cnc(C(F)(F)F)c(C)c1. The molecule has 0 unspecified atom stereocenters. The zero-order valence-corrected chi connectivity index (χ0v) is 14.3. The van der Waals surface area contributed by atoms with Crippen LogP contribution >= 0.6 is 0 Å². The van der Waals surface area contributed by atoms with E-state index in [-0.39, 0.29) is 28.8 Å². The maximum atomic E-state index is 12.9. The molecule has 0 amide bonds. The summed E-state index contributed by atoms with van der Waals surface area (Å²) in [6, 6.07) is 5.95. The molecule has 6 nitrogen and oxygen atoms in total. The highest BCUT2D eigenvalue weighted by molar-refractivity contribution is 5.74. The fraction of sp³-hybridized carbons (Fsp3) is 0.167. The van der Waals surface area contributed by atoms with E-state index in [1.165, 1.54) is 38.6 Å². The van der Waals surface area contributed by atoms with Crippen molar-refractivity contribution in [3.8, 4) is 34.4 Å². The standard InChI is InChI=1S/C18H14F3N3O3/c1-10-6-12(9-23-15(10)18(19,20)21)27-17-13(4-3-5-22-17)14-7-11(25)8-24-16(14)26-2/h3-9,25H,1-2H3. The number of methoxy groups -OCH3 is 1. The van der Waals surface area contributed by atoms with Gasteiger partial charge in [0.25, 0.3) is 0 Å². The summed E-state index contributed by atoms with van der Waals surface area (Å²) in [5.41, 5.74) is -0.198. The first-order chi connectivity index (χ1) is 12.8. The summed E-state index contributed by atoms with van der Waals surface area (Å²) in [6.07, 6.45) is -0.875. The molecule has 0 bridgehead atoms. The molecule has 3 aromatic rings. The van der Waals surface area contributed by atoms with Gasteiger partial charge in [-0.05, 0) is 36.8 Å². The first-order valence-corrected chi connectivity index (χ1v) is 7.69. The van der Waals surface area contributed by atoms with Gasteiger partial charge in [0, 0.05) is 11.8 Å². The molecule has 27 heavy (non-hydrogen) atoms. The number of ether oxygens (including phenoxy) is 2. The third kappa shape index (κ3) is 3.91. The third-order valence-electron chi connectivity index (χ3n) is 3.63. The molecule has 0 atom stereocenters. The monoisotopic (exact) mass is 377 g/mol. The number of nitrogens with zero attached hydrogens (tertiary/aromatic N) is 3. The molecule has 0 radical (unpaired) electrons. The van der Waals surface area contributed by atoms with Crippen LogP contribution in [0.4, 0.5) is 13.2 Å². The molecule has 0 spiro atoms. The van der Waals surface area contributed by atoms with E-state index in [1.54, 1.807) is 12.1 Å². The van der Waals surface area contributed by atoms with E-state index >= 15 is 0 Å². The lowest BCUT2D eigenvalue weighted by molar-refractivity contribution is -0.141. The molecule has 9 heteroatoms. The predicted octanol–water partition coefficient (Wildman–Crippen LogP) is 4.37. The maximum absolute atomic E-state index is 12.9. The number of aryl methyl sites for hydroxylation is 1. The maximum Gasteiger partial charge on any atom is 0.433 e. The summed E-state index contributed by atoms with van der Waals surface area (Å²) < 4.78 is 49.4. The van der Waals surface area contributed by atoms with Crippen LogP contribution in [0.3, 0.4) is 0 Å². The van der Waals surface area contributed by atoms with E-state index < -0.39 is 11.9 Å². The number of pyridine rings is 3. The molecular weight excluding hydrogens is 363 g/mol. The largest absolute Gasteiger partial charge is 0.506 e. The Morgan fingerprint density at radius 2 is 1.78 bits per heavy atom. The highest BCUT2D eigenvalue weighted by atomic mass is 19.4. The molecule has 3 heterocycles. The van der Waals surface area contributed by atoms with Gasteiger partial charge in [-0.2, -0.15) is 13.2 Å². The molecule has 1 N–H and O–H groups in total. The van der Waals surface area contributed by atoms with Gasteiger partial charge in [-0.1, -0.05) is 0 Å². The van der Waals surface area contributed by atoms with Crippen molar-refractivity contribution >= 4 is 0 Å². The van der Waals surface area contributed by atoms with Crippen LogP contribution < -0.4 is 9.47 Å². The Morgan fingerprint density at radius 1 is 1.00 bits per heavy atom. The van der Waals surface area contributed by atoms with E-state index in [4.69, 9.17) is 9.47 Å². The lowest BCUT2D eigenvalue weighted by Gasteiger charge is -2.14. The van der Waals surface area contributed by atoms with Gasteiger partial charge in [-0.15, -0.1) is 0 Å². The van der Waals surface area contributed by atoms with Crippen molar-refractivity contribution in [1.82, 2.24) is 15.0 Å². The van der Waals surface area contributed by atoms with Gasteiger partial charge in [0.1, 0.15) is 17.2 Å². The Morgan fingerprint density at radius 3 is 2.44 bits per heavy atom. The van der Waals surface area contributed by atoms with Gasteiger partial charge in [0.2, 0.25) is 11.8 Å². The molecule has 0 fully saturated rings. The molecule has 0 saturated carbocycles. The van der Waals surface area contributed by atoms with Crippen molar-refractivity contribution in [3.63, 3.8) is 0 Å². The minimum absolute atomic E-state index is 0.0749. The second-order valence-corrected chi connectivity index (χ2v) is 5.54. The van der Waals surface area contributed by atoms with Crippen molar-refractivity contribution in [3.05, 3.63) is 54.1 Å². The summed E-state index contributed by atoms with van der Waals surface area (Å²) in [4.78, 5) is 11.5.